The van der Waals surface area contributed by atoms with Gasteiger partial charge in [-0.1, -0.05) is 6.42 Å². The molecule has 0 aliphatic heterocycles. The standard InChI is InChI=1S/C18H27N3O2S/c1-5-21-13(2)11-15(14(21)3)16-12-24-18(20-16)19-10-8-6-7-9-17(22)23-4/h11-12H,5-10H2,1-4H3,(H,19,20). The number of aryl methyl sites for hydroxylation is 1. The summed E-state index contributed by atoms with van der Waals surface area (Å²) in [5.41, 5.74) is 4.81. The molecule has 6 heteroatoms. The summed E-state index contributed by atoms with van der Waals surface area (Å²) in [5.74, 6) is -0.128. The molecule has 0 bridgehead atoms. The molecule has 2 aromatic heterocycles. The van der Waals surface area contributed by atoms with E-state index in [1.165, 1.54) is 24.1 Å². The van der Waals surface area contributed by atoms with E-state index in [2.05, 4.69) is 46.8 Å². The number of thiazole rings is 1. The van der Waals surface area contributed by atoms with Gasteiger partial charge in [-0.15, -0.1) is 11.3 Å². The van der Waals surface area contributed by atoms with E-state index in [0.29, 0.717) is 6.42 Å². The number of rotatable bonds is 9. The highest BCUT2D eigenvalue weighted by atomic mass is 32.1. The lowest BCUT2D eigenvalue weighted by Gasteiger charge is -2.05. The summed E-state index contributed by atoms with van der Waals surface area (Å²) >= 11 is 1.64. The normalized spacial score (nSPS) is 10.8. The molecule has 0 saturated carbocycles. The third kappa shape index (κ3) is 4.60. The fourth-order valence-electron chi connectivity index (χ4n) is 2.89. The first-order valence-electron chi connectivity index (χ1n) is 8.50. The maximum absolute atomic E-state index is 11.0. The Kier molecular flexibility index (Phi) is 6.85. The molecule has 0 unspecified atom stereocenters. The van der Waals surface area contributed by atoms with Crippen molar-refractivity contribution >= 4 is 22.4 Å². The Morgan fingerprint density at radius 1 is 1.33 bits per heavy atom. The first-order chi connectivity index (χ1) is 11.6. The summed E-state index contributed by atoms with van der Waals surface area (Å²) in [6.07, 6.45) is 3.42. The van der Waals surface area contributed by atoms with Crippen LogP contribution in [0.5, 0.6) is 0 Å². The number of carbonyl (C=O) groups excluding carboxylic acids is 1. The number of methoxy groups -OCH3 is 1. The number of nitrogens with one attached hydrogen (secondary N) is 1. The summed E-state index contributed by atoms with van der Waals surface area (Å²) in [5, 5.41) is 6.45. The van der Waals surface area contributed by atoms with Gasteiger partial charge in [-0.2, -0.15) is 0 Å². The molecule has 0 aliphatic carbocycles. The second-order valence-corrected chi connectivity index (χ2v) is 6.74. The van der Waals surface area contributed by atoms with Crippen molar-refractivity contribution in [2.24, 2.45) is 0 Å². The number of esters is 1. The number of unbranched alkanes of at least 4 members (excludes halogenated alkanes) is 2. The van der Waals surface area contributed by atoms with Crippen LogP contribution in [0, 0.1) is 13.8 Å². The quantitative estimate of drug-likeness (QED) is 0.539. The Morgan fingerprint density at radius 2 is 2.12 bits per heavy atom. The minimum Gasteiger partial charge on any atom is -0.469 e. The van der Waals surface area contributed by atoms with E-state index in [1.807, 2.05) is 0 Å². The smallest absolute Gasteiger partial charge is 0.305 e. The molecule has 0 aromatic carbocycles. The fourth-order valence-corrected chi connectivity index (χ4v) is 3.63. The van der Waals surface area contributed by atoms with Gasteiger partial charge in [-0.05, 0) is 39.7 Å². The topological polar surface area (TPSA) is 56.2 Å². The van der Waals surface area contributed by atoms with Crippen LogP contribution in [0.3, 0.4) is 0 Å². The van der Waals surface area contributed by atoms with Crippen molar-refractivity contribution in [1.29, 1.82) is 0 Å². The first kappa shape index (κ1) is 18.5. The number of hydrogen-bond donors (Lipinski definition) is 1. The van der Waals surface area contributed by atoms with E-state index < -0.39 is 0 Å². The number of nitrogens with zero attached hydrogens (tertiary/aromatic N) is 2. The first-order valence-corrected chi connectivity index (χ1v) is 9.38. The molecule has 0 amide bonds. The van der Waals surface area contributed by atoms with Crippen LogP contribution in [-0.4, -0.2) is 29.2 Å². The molecule has 2 aromatic rings. The third-order valence-electron chi connectivity index (χ3n) is 4.23. The van der Waals surface area contributed by atoms with Gasteiger partial charge in [0.25, 0.3) is 0 Å². The van der Waals surface area contributed by atoms with Crippen LogP contribution < -0.4 is 5.32 Å². The van der Waals surface area contributed by atoms with Crippen LogP contribution in [0.1, 0.15) is 44.0 Å². The molecule has 0 saturated heterocycles. The maximum Gasteiger partial charge on any atom is 0.305 e. The lowest BCUT2D eigenvalue weighted by molar-refractivity contribution is -0.140. The SMILES string of the molecule is CCn1c(C)cc(-c2csc(NCCCCCC(=O)OC)n2)c1C. The van der Waals surface area contributed by atoms with E-state index in [-0.39, 0.29) is 5.97 Å². The van der Waals surface area contributed by atoms with Gasteiger partial charge < -0.3 is 14.6 Å². The molecular formula is C18H27N3O2S. The molecular weight excluding hydrogens is 322 g/mol. The second-order valence-electron chi connectivity index (χ2n) is 5.88. The van der Waals surface area contributed by atoms with E-state index in [1.54, 1.807) is 11.3 Å². The van der Waals surface area contributed by atoms with Crippen molar-refractivity contribution in [3.8, 4) is 11.3 Å². The number of carbonyl (C=O) groups is 1. The zero-order valence-corrected chi connectivity index (χ0v) is 15.8. The Bertz CT molecular complexity index is 676. The predicted octanol–water partition coefficient (Wildman–Crippen LogP) is 4.39. The number of hydrogen-bond acceptors (Lipinski definition) is 5. The third-order valence-corrected chi connectivity index (χ3v) is 5.03. The van der Waals surface area contributed by atoms with Gasteiger partial charge >= 0.3 is 5.97 Å². The van der Waals surface area contributed by atoms with Gasteiger partial charge in [-0.3, -0.25) is 4.79 Å². The lowest BCUT2D eigenvalue weighted by Crippen LogP contribution is -2.03. The number of anilines is 1. The Morgan fingerprint density at radius 3 is 2.79 bits per heavy atom. The zero-order chi connectivity index (χ0) is 17.5. The average molecular weight is 350 g/mol. The molecule has 5 nitrogen and oxygen atoms in total. The average Bonchev–Trinajstić information content (AvgIpc) is 3.14. The van der Waals surface area contributed by atoms with Gasteiger partial charge in [-0.25, -0.2) is 4.98 Å². The highest BCUT2D eigenvalue weighted by Crippen LogP contribution is 2.29. The number of aromatic nitrogens is 2. The van der Waals surface area contributed by atoms with Crippen molar-refractivity contribution in [2.45, 2.75) is 53.0 Å². The summed E-state index contributed by atoms with van der Waals surface area (Å²) < 4.78 is 6.94. The summed E-state index contributed by atoms with van der Waals surface area (Å²) in [4.78, 5) is 15.7. The van der Waals surface area contributed by atoms with Crippen molar-refractivity contribution in [3.63, 3.8) is 0 Å². The monoisotopic (exact) mass is 349 g/mol. The van der Waals surface area contributed by atoms with E-state index in [9.17, 15) is 4.79 Å². The zero-order valence-electron chi connectivity index (χ0n) is 15.0. The van der Waals surface area contributed by atoms with Gasteiger partial charge in [0.15, 0.2) is 5.13 Å². The van der Waals surface area contributed by atoms with Crippen LogP contribution >= 0.6 is 11.3 Å². The molecule has 1 N–H and O–H groups in total. The van der Waals surface area contributed by atoms with Gasteiger partial charge in [0.2, 0.25) is 0 Å². The van der Waals surface area contributed by atoms with Crippen LogP contribution in [0.4, 0.5) is 5.13 Å². The molecule has 0 fully saturated rings. The molecule has 0 spiro atoms. The molecule has 2 rings (SSSR count). The Balaban J connectivity index is 1.82. The highest BCUT2D eigenvalue weighted by Gasteiger charge is 2.12. The minimum atomic E-state index is -0.128. The fraction of sp³-hybridized carbons (Fsp3) is 0.556. The summed E-state index contributed by atoms with van der Waals surface area (Å²) in [7, 11) is 1.43. The summed E-state index contributed by atoms with van der Waals surface area (Å²) in [6.45, 7) is 8.32. The van der Waals surface area contributed by atoms with Crippen LogP contribution in [0.25, 0.3) is 11.3 Å². The second kappa shape index (κ2) is 8.87. The van der Waals surface area contributed by atoms with Crippen molar-refractivity contribution in [1.82, 2.24) is 9.55 Å². The molecule has 24 heavy (non-hydrogen) atoms. The van der Waals surface area contributed by atoms with Crippen LogP contribution in [-0.2, 0) is 16.1 Å². The van der Waals surface area contributed by atoms with Crippen LogP contribution in [0.2, 0.25) is 0 Å². The Hall–Kier alpha value is -1.82. The van der Waals surface area contributed by atoms with E-state index in [4.69, 9.17) is 4.98 Å². The van der Waals surface area contributed by atoms with Gasteiger partial charge in [0, 0.05) is 41.8 Å². The maximum atomic E-state index is 11.0. The van der Waals surface area contributed by atoms with Gasteiger partial charge in [0.05, 0.1) is 12.8 Å². The van der Waals surface area contributed by atoms with E-state index in [0.717, 1.165) is 43.2 Å². The van der Waals surface area contributed by atoms with Crippen molar-refractivity contribution in [3.05, 3.63) is 22.8 Å². The molecule has 0 aliphatic rings. The van der Waals surface area contributed by atoms with Gasteiger partial charge in [0.1, 0.15) is 0 Å². The van der Waals surface area contributed by atoms with Crippen molar-refractivity contribution < 1.29 is 9.53 Å². The summed E-state index contributed by atoms with van der Waals surface area (Å²) in [6, 6.07) is 2.21. The number of ether oxygens (including phenoxy) is 1. The van der Waals surface area contributed by atoms with Crippen LogP contribution in [0.15, 0.2) is 11.4 Å². The predicted molar refractivity (Wildman–Crippen MR) is 99.7 cm³/mol. The minimum absolute atomic E-state index is 0.128. The molecule has 0 radical (unpaired) electrons. The largest absolute Gasteiger partial charge is 0.469 e. The lowest BCUT2D eigenvalue weighted by atomic mass is 10.2. The molecule has 2 heterocycles. The Labute approximate surface area is 148 Å². The highest BCUT2D eigenvalue weighted by molar-refractivity contribution is 7.14. The van der Waals surface area contributed by atoms with Crippen molar-refractivity contribution in [2.75, 3.05) is 19.0 Å². The molecule has 0 atom stereocenters. The molecule has 132 valence electrons. The van der Waals surface area contributed by atoms with E-state index >= 15 is 0 Å².